The summed E-state index contributed by atoms with van der Waals surface area (Å²) in [6.07, 6.45) is 0. The number of hydrogen-bond acceptors (Lipinski definition) is 2. The van der Waals surface area contributed by atoms with Crippen LogP contribution in [0.5, 0.6) is 11.5 Å². The van der Waals surface area contributed by atoms with Crippen LogP contribution in [0.25, 0.3) is 43.4 Å². The highest BCUT2D eigenvalue weighted by molar-refractivity contribution is 6.97. The topological polar surface area (TPSA) is 12.5 Å². The van der Waals surface area contributed by atoms with Gasteiger partial charge in [-0.1, -0.05) is 156 Å². The van der Waals surface area contributed by atoms with Gasteiger partial charge in [-0.25, -0.2) is 0 Å². The second-order valence-electron chi connectivity index (χ2n) is 13.3. The molecule has 0 amide bonds. The van der Waals surface area contributed by atoms with Crippen LogP contribution in [-0.4, -0.2) is 6.71 Å². The Morgan fingerprint density at radius 2 is 0.902 bits per heavy atom. The average molecular weight is 650 g/mol. The zero-order valence-corrected chi connectivity index (χ0v) is 27.9. The first-order chi connectivity index (χ1) is 25.3. The SMILES string of the molecule is c1ccc(B(c2ccccc2)c2cc3c4cccc5c4c(cc3c3ccccc23)-c2ccc(N(c3ccccc3)c3ccccc3)cc2O5)cc1. The first-order valence-corrected chi connectivity index (χ1v) is 17.6. The van der Waals surface area contributed by atoms with Gasteiger partial charge >= 0.3 is 0 Å². The van der Waals surface area contributed by atoms with Crippen molar-refractivity contribution in [2.75, 3.05) is 4.90 Å². The molecular formula is C48H32BNO. The molecule has 1 aliphatic rings. The quantitative estimate of drug-likeness (QED) is 0.131. The van der Waals surface area contributed by atoms with Crippen LogP contribution in [0.4, 0.5) is 17.1 Å². The van der Waals surface area contributed by atoms with E-state index < -0.39 is 0 Å². The van der Waals surface area contributed by atoms with Crippen molar-refractivity contribution in [3.05, 3.63) is 194 Å². The van der Waals surface area contributed by atoms with E-state index in [1.54, 1.807) is 0 Å². The zero-order chi connectivity index (χ0) is 33.7. The molecule has 10 rings (SSSR count). The maximum absolute atomic E-state index is 6.84. The van der Waals surface area contributed by atoms with Gasteiger partial charge in [0.15, 0.2) is 0 Å². The van der Waals surface area contributed by atoms with Gasteiger partial charge in [0.2, 0.25) is 6.71 Å². The number of anilines is 3. The van der Waals surface area contributed by atoms with E-state index in [1.807, 2.05) is 0 Å². The van der Waals surface area contributed by atoms with Crippen LogP contribution in [0.1, 0.15) is 0 Å². The fraction of sp³-hybridized carbons (Fsp3) is 0. The first-order valence-electron chi connectivity index (χ1n) is 17.6. The third kappa shape index (κ3) is 4.89. The molecule has 0 aromatic heterocycles. The molecule has 0 atom stereocenters. The van der Waals surface area contributed by atoms with Crippen LogP contribution < -0.4 is 26.0 Å². The van der Waals surface area contributed by atoms with Gasteiger partial charge in [-0.2, -0.15) is 0 Å². The number of ether oxygens (including phenoxy) is 1. The van der Waals surface area contributed by atoms with Gasteiger partial charge in [0.05, 0.1) is 0 Å². The van der Waals surface area contributed by atoms with Crippen molar-refractivity contribution >= 4 is 72.5 Å². The molecule has 0 saturated carbocycles. The zero-order valence-electron chi connectivity index (χ0n) is 27.9. The summed E-state index contributed by atoms with van der Waals surface area (Å²) in [5.74, 6) is 1.75. The predicted molar refractivity (Wildman–Crippen MR) is 217 cm³/mol. The van der Waals surface area contributed by atoms with Gasteiger partial charge in [0.1, 0.15) is 11.5 Å². The summed E-state index contributed by atoms with van der Waals surface area (Å²) in [6.45, 7) is 0.0834. The minimum Gasteiger partial charge on any atom is -0.456 e. The number of fused-ring (bicyclic) bond motifs is 6. The van der Waals surface area contributed by atoms with E-state index in [-0.39, 0.29) is 6.71 Å². The smallest absolute Gasteiger partial charge is 0.242 e. The molecule has 0 bridgehead atoms. The number of para-hydroxylation sites is 2. The molecule has 238 valence electrons. The molecule has 0 saturated heterocycles. The van der Waals surface area contributed by atoms with E-state index in [2.05, 4.69) is 199 Å². The van der Waals surface area contributed by atoms with Crippen molar-refractivity contribution in [1.82, 2.24) is 0 Å². The lowest BCUT2D eigenvalue weighted by Gasteiger charge is -2.28. The minimum atomic E-state index is 0.0834. The molecule has 1 aliphatic heterocycles. The van der Waals surface area contributed by atoms with Crippen LogP contribution in [-0.2, 0) is 0 Å². The molecule has 0 spiro atoms. The number of rotatable bonds is 6. The second-order valence-corrected chi connectivity index (χ2v) is 13.3. The summed E-state index contributed by atoms with van der Waals surface area (Å²) >= 11 is 0. The van der Waals surface area contributed by atoms with Gasteiger partial charge in [0, 0.05) is 34.1 Å². The van der Waals surface area contributed by atoms with Gasteiger partial charge < -0.3 is 9.64 Å². The molecule has 0 N–H and O–H groups in total. The third-order valence-corrected chi connectivity index (χ3v) is 10.3. The maximum Gasteiger partial charge on any atom is 0.242 e. The van der Waals surface area contributed by atoms with Crippen LogP contribution in [0.15, 0.2) is 194 Å². The second kappa shape index (κ2) is 12.1. The molecule has 2 nitrogen and oxygen atoms in total. The number of hydrogen-bond donors (Lipinski definition) is 0. The molecule has 51 heavy (non-hydrogen) atoms. The molecule has 1 heterocycles. The molecule has 0 unspecified atom stereocenters. The van der Waals surface area contributed by atoms with Crippen LogP contribution in [0.2, 0.25) is 0 Å². The van der Waals surface area contributed by atoms with E-state index >= 15 is 0 Å². The van der Waals surface area contributed by atoms with Gasteiger partial charge in [0.25, 0.3) is 0 Å². The molecular weight excluding hydrogens is 617 g/mol. The van der Waals surface area contributed by atoms with E-state index in [0.717, 1.165) is 39.5 Å². The molecule has 9 aromatic carbocycles. The summed E-state index contributed by atoms with van der Waals surface area (Å²) < 4.78 is 6.84. The summed E-state index contributed by atoms with van der Waals surface area (Å²) in [4.78, 5) is 2.28. The van der Waals surface area contributed by atoms with Crippen molar-refractivity contribution in [2.24, 2.45) is 0 Å². The summed E-state index contributed by atoms with van der Waals surface area (Å²) in [7, 11) is 0. The molecule has 0 fully saturated rings. The monoisotopic (exact) mass is 649 g/mol. The Bertz CT molecular complexity index is 2630. The van der Waals surface area contributed by atoms with Crippen LogP contribution in [0.3, 0.4) is 0 Å². The standard InChI is InChI=1S/C48H32BNO/c1-5-16-33(17-6-1)49(34-18-7-2-8-19-34)45-32-43-41-26-15-27-46-48(41)44(31-42(43)38-24-13-14-25-39(38)45)40-29-28-37(30-47(40)51-46)50(35-20-9-3-10-21-35)36-22-11-4-12-23-36/h1-32H. The molecule has 9 aromatic rings. The van der Waals surface area contributed by atoms with E-state index in [0.29, 0.717) is 0 Å². The summed E-state index contributed by atoms with van der Waals surface area (Å²) in [5, 5.41) is 7.39. The Labute approximate surface area is 297 Å². The fourth-order valence-corrected chi connectivity index (χ4v) is 8.11. The highest BCUT2D eigenvalue weighted by Gasteiger charge is 2.28. The van der Waals surface area contributed by atoms with Crippen LogP contribution in [0, 0.1) is 0 Å². The molecule has 0 aliphatic carbocycles. The van der Waals surface area contributed by atoms with E-state index in [4.69, 9.17) is 4.74 Å². The van der Waals surface area contributed by atoms with E-state index in [1.165, 1.54) is 48.9 Å². The largest absolute Gasteiger partial charge is 0.456 e. The maximum atomic E-state index is 6.84. The number of nitrogens with zero attached hydrogens (tertiary/aromatic N) is 1. The normalized spacial score (nSPS) is 11.7. The van der Waals surface area contributed by atoms with E-state index in [9.17, 15) is 0 Å². The third-order valence-electron chi connectivity index (χ3n) is 10.3. The Kier molecular flexibility index (Phi) is 6.95. The Hall–Kier alpha value is -6.58. The summed E-state index contributed by atoms with van der Waals surface area (Å²) in [6, 6.07) is 69.8. The fourth-order valence-electron chi connectivity index (χ4n) is 8.11. The lowest BCUT2D eigenvalue weighted by molar-refractivity contribution is 0.487. The lowest BCUT2D eigenvalue weighted by atomic mass is 9.36. The Balaban J connectivity index is 1.21. The lowest BCUT2D eigenvalue weighted by Crippen LogP contribution is -2.52. The molecule has 0 radical (unpaired) electrons. The van der Waals surface area contributed by atoms with Crippen LogP contribution >= 0.6 is 0 Å². The average Bonchev–Trinajstić information content (AvgIpc) is 3.20. The minimum absolute atomic E-state index is 0.0834. The number of benzene rings is 9. The first kappa shape index (κ1) is 29.4. The van der Waals surface area contributed by atoms with Crippen molar-refractivity contribution in [2.45, 2.75) is 0 Å². The molecule has 3 heteroatoms. The van der Waals surface area contributed by atoms with Crippen molar-refractivity contribution in [3.8, 4) is 22.6 Å². The van der Waals surface area contributed by atoms with Crippen molar-refractivity contribution < 1.29 is 4.74 Å². The van der Waals surface area contributed by atoms with Crippen molar-refractivity contribution in [3.63, 3.8) is 0 Å². The van der Waals surface area contributed by atoms with Crippen molar-refractivity contribution in [1.29, 1.82) is 0 Å². The Morgan fingerprint density at radius 3 is 1.55 bits per heavy atom. The van der Waals surface area contributed by atoms with Gasteiger partial charge in [-0.3, -0.25) is 0 Å². The van der Waals surface area contributed by atoms with Gasteiger partial charge in [-0.15, -0.1) is 0 Å². The highest BCUT2D eigenvalue weighted by atomic mass is 16.5. The highest BCUT2D eigenvalue weighted by Crippen LogP contribution is 2.51. The van der Waals surface area contributed by atoms with Gasteiger partial charge in [-0.05, 0) is 81.0 Å². The Morgan fingerprint density at radius 1 is 0.353 bits per heavy atom. The predicted octanol–water partition coefficient (Wildman–Crippen LogP) is 10.9. The summed E-state index contributed by atoms with van der Waals surface area (Å²) in [5.41, 5.74) is 9.41.